The van der Waals surface area contributed by atoms with Crippen LogP contribution in [-0.2, 0) is 10.0 Å². The Morgan fingerprint density at radius 2 is 2.06 bits per heavy atom. The maximum atomic E-state index is 12.1. The molecule has 0 fully saturated rings. The van der Waals surface area contributed by atoms with E-state index in [1.165, 1.54) is 0 Å². The third-order valence-corrected chi connectivity index (χ3v) is 5.50. The number of nitrogens with one attached hydrogen (secondary N) is 1. The highest BCUT2D eigenvalue weighted by atomic mass is 79.9. The van der Waals surface area contributed by atoms with Crippen LogP contribution in [0.1, 0.15) is 19.3 Å². The zero-order valence-corrected chi connectivity index (χ0v) is 12.4. The lowest BCUT2D eigenvalue weighted by atomic mass is 9.95. The summed E-state index contributed by atoms with van der Waals surface area (Å²) in [7, 11) is -3.41. The highest BCUT2D eigenvalue weighted by Gasteiger charge is 2.19. The highest BCUT2D eigenvalue weighted by Crippen LogP contribution is 2.22. The summed E-state index contributed by atoms with van der Waals surface area (Å²) >= 11 is 3.27. The van der Waals surface area contributed by atoms with Crippen LogP contribution in [0.15, 0.2) is 45.8 Å². The minimum absolute atomic E-state index is 0.302. The number of benzene rings is 1. The molecule has 5 heteroatoms. The molecule has 18 heavy (non-hydrogen) atoms. The molecule has 0 heterocycles. The van der Waals surface area contributed by atoms with Crippen LogP contribution < -0.4 is 4.72 Å². The van der Waals surface area contributed by atoms with Crippen LogP contribution in [-0.4, -0.2) is 15.0 Å². The molecule has 1 aromatic carbocycles. The molecule has 0 saturated heterocycles. The molecule has 0 aliphatic heterocycles. The topological polar surface area (TPSA) is 46.2 Å². The van der Waals surface area contributed by atoms with Crippen LogP contribution in [0, 0.1) is 5.92 Å². The van der Waals surface area contributed by atoms with Gasteiger partial charge in [0.05, 0.1) is 4.90 Å². The predicted octanol–water partition coefficient (Wildman–Crippen LogP) is 3.08. The van der Waals surface area contributed by atoms with Gasteiger partial charge in [-0.15, -0.1) is 0 Å². The van der Waals surface area contributed by atoms with Gasteiger partial charge in [0, 0.05) is 11.0 Å². The Hall–Kier alpha value is -0.650. The third-order valence-electron chi connectivity index (χ3n) is 3.07. The highest BCUT2D eigenvalue weighted by molar-refractivity contribution is 9.10. The van der Waals surface area contributed by atoms with E-state index in [1.54, 1.807) is 24.3 Å². The van der Waals surface area contributed by atoms with Gasteiger partial charge >= 0.3 is 0 Å². The molecule has 2 rings (SSSR count). The summed E-state index contributed by atoms with van der Waals surface area (Å²) in [6.45, 7) is 0.508. The molecule has 0 spiro atoms. The molecule has 0 radical (unpaired) electrons. The lowest BCUT2D eigenvalue weighted by Gasteiger charge is -2.18. The van der Waals surface area contributed by atoms with Gasteiger partial charge in [-0.2, -0.15) is 0 Å². The van der Waals surface area contributed by atoms with Crippen molar-refractivity contribution in [1.29, 1.82) is 0 Å². The van der Waals surface area contributed by atoms with Crippen LogP contribution in [0.4, 0.5) is 0 Å². The fourth-order valence-corrected chi connectivity index (χ4v) is 4.13. The zero-order valence-electron chi connectivity index (χ0n) is 9.97. The second-order valence-corrected chi connectivity index (χ2v) is 7.02. The molecule has 1 aromatic rings. The lowest BCUT2D eigenvalue weighted by molar-refractivity contribution is 0.468. The molecule has 0 saturated carbocycles. The SMILES string of the molecule is O=S(=O)(NCC1CC=CCC1)c1ccccc1Br. The van der Waals surface area contributed by atoms with Crippen molar-refractivity contribution >= 4 is 26.0 Å². The Bertz CT molecular complexity index is 540. The summed E-state index contributed by atoms with van der Waals surface area (Å²) in [4.78, 5) is 0.302. The maximum absolute atomic E-state index is 12.1. The van der Waals surface area contributed by atoms with Crippen LogP contribution in [0.2, 0.25) is 0 Å². The van der Waals surface area contributed by atoms with Crippen LogP contribution in [0.5, 0.6) is 0 Å². The second-order valence-electron chi connectivity index (χ2n) is 4.43. The first-order chi connectivity index (χ1) is 8.59. The monoisotopic (exact) mass is 329 g/mol. The molecule has 3 nitrogen and oxygen atoms in total. The first-order valence-corrected chi connectivity index (χ1v) is 8.26. The smallest absolute Gasteiger partial charge is 0.211 e. The predicted molar refractivity (Wildman–Crippen MR) is 75.8 cm³/mol. The van der Waals surface area contributed by atoms with E-state index in [4.69, 9.17) is 0 Å². The van der Waals surface area contributed by atoms with E-state index in [9.17, 15) is 8.42 Å². The molecule has 0 aromatic heterocycles. The molecule has 1 unspecified atom stereocenters. The van der Waals surface area contributed by atoms with E-state index in [2.05, 4.69) is 32.8 Å². The average molecular weight is 330 g/mol. The van der Waals surface area contributed by atoms with Gasteiger partial charge in [-0.05, 0) is 53.2 Å². The Labute approximate surface area is 116 Å². The molecule has 1 aliphatic rings. The van der Waals surface area contributed by atoms with Crippen molar-refractivity contribution in [3.63, 3.8) is 0 Å². The minimum Gasteiger partial charge on any atom is -0.211 e. The molecule has 0 amide bonds. The molecule has 1 N–H and O–H groups in total. The van der Waals surface area contributed by atoms with Crippen molar-refractivity contribution in [1.82, 2.24) is 4.72 Å². The Morgan fingerprint density at radius 3 is 2.72 bits per heavy atom. The Morgan fingerprint density at radius 1 is 1.28 bits per heavy atom. The van der Waals surface area contributed by atoms with E-state index in [-0.39, 0.29) is 0 Å². The largest absolute Gasteiger partial charge is 0.241 e. The van der Waals surface area contributed by atoms with Gasteiger partial charge < -0.3 is 0 Å². The standard InChI is InChI=1S/C13H16BrNO2S/c14-12-8-4-5-9-13(12)18(16,17)15-10-11-6-2-1-3-7-11/h1-2,4-5,8-9,11,15H,3,6-7,10H2. The van der Waals surface area contributed by atoms with Crippen molar-refractivity contribution in [3.05, 3.63) is 40.9 Å². The number of rotatable bonds is 4. The Kier molecular flexibility index (Phi) is 4.59. The minimum atomic E-state index is -3.41. The normalized spacial score (nSPS) is 19.9. The van der Waals surface area contributed by atoms with Gasteiger partial charge in [0.1, 0.15) is 0 Å². The van der Waals surface area contributed by atoms with Gasteiger partial charge in [-0.3, -0.25) is 0 Å². The quantitative estimate of drug-likeness (QED) is 0.863. The van der Waals surface area contributed by atoms with Crippen molar-refractivity contribution in [2.75, 3.05) is 6.54 Å². The first-order valence-electron chi connectivity index (χ1n) is 5.99. The van der Waals surface area contributed by atoms with Crippen molar-refractivity contribution < 1.29 is 8.42 Å². The van der Waals surface area contributed by atoms with E-state index in [0.29, 0.717) is 21.8 Å². The number of allylic oxidation sites excluding steroid dienone is 2. The Balaban J connectivity index is 2.04. The van der Waals surface area contributed by atoms with Gasteiger partial charge in [-0.25, -0.2) is 13.1 Å². The third kappa shape index (κ3) is 3.43. The van der Waals surface area contributed by atoms with Gasteiger partial charge in [0.2, 0.25) is 10.0 Å². The van der Waals surface area contributed by atoms with E-state index >= 15 is 0 Å². The van der Waals surface area contributed by atoms with Gasteiger partial charge in [0.25, 0.3) is 0 Å². The molecule has 1 atom stereocenters. The summed E-state index contributed by atoms with van der Waals surface area (Å²) in [6, 6.07) is 6.86. The molecule has 0 bridgehead atoms. The van der Waals surface area contributed by atoms with Gasteiger partial charge in [0.15, 0.2) is 0 Å². The molecular weight excluding hydrogens is 314 g/mol. The lowest BCUT2D eigenvalue weighted by Crippen LogP contribution is -2.30. The number of sulfonamides is 1. The van der Waals surface area contributed by atoms with E-state index < -0.39 is 10.0 Å². The van der Waals surface area contributed by atoms with Crippen molar-refractivity contribution in [2.24, 2.45) is 5.92 Å². The molecule has 1 aliphatic carbocycles. The molecule has 98 valence electrons. The number of hydrogen-bond donors (Lipinski definition) is 1. The van der Waals surface area contributed by atoms with Crippen molar-refractivity contribution in [2.45, 2.75) is 24.2 Å². The van der Waals surface area contributed by atoms with Crippen LogP contribution >= 0.6 is 15.9 Å². The van der Waals surface area contributed by atoms with E-state index in [1.807, 2.05) is 0 Å². The van der Waals surface area contributed by atoms with Crippen molar-refractivity contribution in [3.8, 4) is 0 Å². The zero-order chi connectivity index (χ0) is 13.0. The number of hydrogen-bond acceptors (Lipinski definition) is 2. The van der Waals surface area contributed by atoms with Gasteiger partial charge in [-0.1, -0.05) is 24.3 Å². The van der Waals surface area contributed by atoms with Crippen LogP contribution in [0.3, 0.4) is 0 Å². The summed E-state index contributed by atoms with van der Waals surface area (Å²) < 4.78 is 27.6. The summed E-state index contributed by atoms with van der Waals surface area (Å²) in [6.07, 6.45) is 7.33. The summed E-state index contributed by atoms with van der Waals surface area (Å²) in [5.74, 6) is 0.410. The average Bonchev–Trinajstić information content (AvgIpc) is 2.38. The van der Waals surface area contributed by atoms with E-state index in [0.717, 1.165) is 19.3 Å². The first kappa shape index (κ1) is 13.8. The maximum Gasteiger partial charge on any atom is 0.241 e. The molecular formula is C13H16BrNO2S. The van der Waals surface area contributed by atoms with Crippen LogP contribution in [0.25, 0.3) is 0 Å². The fourth-order valence-electron chi connectivity index (χ4n) is 2.01. The number of halogens is 1. The second kappa shape index (κ2) is 5.99. The summed E-state index contributed by atoms with van der Waals surface area (Å²) in [5.41, 5.74) is 0. The summed E-state index contributed by atoms with van der Waals surface area (Å²) in [5, 5.41) is 0. The fraction of sp³-hybridized carbons (Fsp3) is 0.385.